The third-order valence-electron chi connectivity index (χ3n) is 5.68. The molecule has 2 N–H and O–H groups in total. The molecular formula is C23H34O15. The van der Waals surface area contributed by atoms with Gasteiger partial charge in [0.1, 0.15) is 37.1 Å². The van der Waals surface area contributed by atoms with E-state index in [0.717, 1.165) is 34.6 Å². The molecule has 2 fully saturated rings. The number of aliphatic hydroxyl groups excluding tert-OH is 2. The first-order valence-corrected chi connectivity index (χ1v) is 11.8. The lowest BCUT2D eigenvalue weighted by atomic mass is 9.91. The summed E-state index contributed by atoms with van der Waals surface area (Å²) < 4.78 is 43.7. The molecule has 0 aliphatic carbocycles. The molecule has 10 atom stereocenters. The van der Waals surface area contributed by atoms with Gasteiger partial charge in [0, 0.05) is 34.6 Å². The summed E-state index contributed by atoms with van der Waals surface area (Å²) >= 11 is 0. The van der Waals surface area contributed by atoms with Crippen molar-refractivity contribution >= 4 is 29.8 Å². The van der Waals surface area contributed by atoms with Crippen molar-refractivity contribution in [3.63, 3.8) is 0 Å². The van der Waals surface area contributed by atoms with E-state index in [-0.39, 0.29) is 0 Å². The molecule has 2 saturated heterocycles. The van der Waals surface area contributed by atoms with Crippen LogP contribution in [0.4, 0.5) is 0 Å². The van der Waals surface area contributed by atoms with Gasteiger partial charge in [0.2, 0.25) is 6.29 Å². The summed E-state index contributed by atoms with van der Waals surface area (Å²) in [5.41, 5.74) is 0. The Balaban J connectivity index is 2.50. The van der Waals surface area contributed by atoms with E-state index in [1.807, 2.05) is 0 Å². The van der Waals surface area contributed by atoms with Crippen LogP contribution in [-0.4, -0.2) is 109 Å². The van der Waals surface area contributed by atoms with E-state index in [9.17, 15) is 34.2 Å². The predicted molar refractivity (Wildman–Crippen MR) is 120 cm³/mol. The molecule has 0 saturated carbocycles. The molecular weight excluding hydrogens is 516 g/mol. The van der Waals surface area contributed by atoms with Crippen molar-refractivity contribution in [2.24, 2.45) is 5.92 Å². The number of esters is 5. The highest BCUT2D eigenvalue weighted by Crippen LogP contribution is 2.35. The van der Waals surface area contributed by atoms with Crippen molar-refractivity contribution in [3.05, 3.63) is 0 Å². The third kappa shape index (κ3) is 8.33. The van der Waals surface area contributed by atoms with Crippen LogP contribution in [0.15, 0.2) is 0 Å². The van der Waals surface area contributed by atoms with Crippen LogP contribution in [0.1, 0.15) is 41.5 Å². The van der Waals surface area contributed by atoms with Crippen molar-refractivity contribution in [2.45, 2.75) is 96.9 Å². The van der Waals surface area contributed by atoms with Crippen LogP contribution in [0.3, 0.4) is 0 Å². The van der Waals surface area contributed by atoms with Crippen molar-refractivity contribution in [1.82, 2.24) is 0 Å². The molecule has 216 valence electrons. The lowest BCUT2D eigenvalue weighted by molar-refractivity contribution is -0.351. The van der Waals surface area contributed by atoms with Gasteiger partial charge in [0.05, 0.1) is 12.5 Å². The van der Waals surface area contributed by atoms with E-state index >= 15 is 0 Å². The summed E-state index contributed by atoms with van der Waals surface area (Å²) in [6.07, 6.45) is -12.5. The van der Waals surface area contributed by atoms with Gasteiger partial charge in [0.25, 0.3) is 0 Å². The van der Waals surface area contributed by atoms with E-state index < -0.39 is 104 Å². The molecule has 2 aliphatic rings. The van der Waals surface area contributed by atoms with E-state index in [4.69, 9.17) is 37.9 Å². The molecule has 2 heterocycles. The Labute approximate surface area is 218 Å². The highest BCUT2D eigenvalue weighted by molar-refractivity contribution is 5.68. The lowest BCUT2D eigenvalue weighted by Gasteiger charge is -2.48. The Morgan fingerprint density at radius 2 is 1.16 bits per heavy atom. The monoisotopic (exact) mass is 550 g/mol. The van der Waals surface area contributed by atoms with Crippen molar-refractivity contribution in [3.8, 4) is 0 Å². The second-order valence-electron chi connectivity index (χ2n) is 8.85. The predicted octanol–water partition coefficient (Wildman–Crippen LogP) is -1.27. The summed E-state index contributed by atoms with van der Waals surface area (Å²) in [4.78, 5) is 58.8. The van der Waals surface area contributed by atoms with Gasteiger partial charge >= 0.3 is 29.8 Å². The molecule has 0 bridgehead atoms. The maximum atomic E-state index is 12.0. The molecule has 15 nitrogen and oxygen atoms in total. The van der Waals surface area contributed by atoms with Gasteiger partial charge < -0.3 is 48.1 Å². The standard InChI is InChI=1S/C23H34O15/c1-9-18(32-11(3)26)19(16(8-31-10(2)25)37-22(9)35-14(6)29)38-23-21(34-13(5)28)20(33-12(4)27)17(30)15(7-24)36-23/h9,15-24,30H,7-8H2,1-6H3/t9?,15?,16?,17-,18-,19-,20+,21?,22+,23-/m1/s1. The maximum absolute atomic E-state index is 12.0. The molecule has 0 aromatic rings. The number of aliphatic hydroxyl groups is 2. The molecule has 0 aromatic carbocycles. The molecule has 0 aromatic heterocycles. The number of rotatable bonds is 9. The van der Waals surface area contributed by atoms with E-state index in [1.165, 1.54) is 0 Å². The molecule has 0 radical (unpaired) electrons. The van der Waals surface area contributed by atoms with E-state index in [1.54, 1.807) is 6.92 Å². The van der Waals surface area contributed by atoms with Crippen molar-refractivity contribution in [1.29, 1.82) is 0 Å². The van der Waals surface area contributed by atoms with Gasteiger partial charge in [-0.25, -0.2) is 0 Å². The van der Waals surface area contributed by atoms with Gasteiger partial charge in [0.15, 0.2) is 18.5 Å². The summed E-state index contributed by atoms with van der Waals surface area (Å²) in [6.45, 7) is 5.93. The van der Waals surface area contributed by atoms with Crippen LogP contribution in [0.5, 0.6) is 0 Å². The SMILES string of the molecule is CC(=O)OCC1O[C@H](OC(C)=O)C(C)[C@@H](OC(C)=O)[C@@H]1O[C@H]1OC(CO)[C@@H](O)[C@H](OC(C)=O)C1OC(C)=O. The fraction of sp³-hybridized carbons (Fsp3) is 0.783. The first-order chi connectivity index (χ1) is 17.7. The van der Waals surface area contributed by atoms with Crippen LogP contribution >= 0.6 is 0 Å². The van der Waals surface area contributed by atoms with Crippen molar-refractivity contribution < 1.29 is 72.1 Å². The lowest BCUT2D eigenvalue weighted by Crippen LogP contribution is -2.65. The third-order valence-corrected chi connectivity index (χ3v) is 5.68. The molecule has 4 unspecified atom stereocenters. The van der Waals surface area contributed by atoms with Crippen LogP contribution in [-0.2, 0) is 61.9 Å². The summed E-state index contributed by atoms with van der Waals surface area (Å²) in [5, 5.41) is 20.3. The van der Waals surface area contributed by atoms with E-state index in [0.29, 0.717) is 0 Å². The Morgan fingerprint density at radius 3 is 1.66 bits per heavy atom. The summed E-state index contributed by atoms with van der Waals surface area (Å²) in [6, 6.07) is 0. The Bertz CT molecular complexity index is 875. The van der Waals surface area contributed by atoms with Gasteiger partial charge in [-0.3, -0.25) is 24.0 Å². The average molecular weight is 551 g/mol. The first-order valence-electron chi connectivity index (χ1n) is 11.8. The molecule has 38 heavy (non-hydrogen) atoms. The minimum atomic E-state index is -1.61. The normalized spacial score (nSPS) is 34.9. The van der Waals surface area contributed by atoms with Gasteiger partial charge in [-0.15, -0.1) is 0 Å². The Morgan fingerprint density at radius 1 is 0.658 bits per heavy atom. The van der Waals surface area contributed by atoms with E-state index in [2.05, 4.69) is 0 Å². The minimum absolute atomic E-state index is 0.438. The molecule has 15 heteroatoms. The average Bonchev–Trinajstić information content (AvgIpc) is 2.79. The highest BCUT2D eigenvalue weighted by atomic mass is 16.8. The number of carbonyl (C=O) groups excluding carboxylic acids is 5. The van der Waals surface area contributed by atoms with Crippen molar-refractivity contribution in [2.75, 3.05) is 13.2 Å². The fourth-order valence-electron chi connectivity index (χ4n) is 4.15. The summed E-state index contributed by atoms with van der Waals surface area (Å²) in [5.74, 6) is -4.58. The topological polar surface area (TPSA) is 200 Å². The first kappa shape index (κ1) is 31.4. The maximum Gasteiger partial charge on any atom is 0.304 e. The largest absolute Gasteiger partial charge is 0.463 e. The zero-order chi connectivity index (χ0) is 28.7. The van der Waals surface area contributed by atoms with Crippen LogP contribution in [0, 0.1) is 5.92 Å². The van der Waals surface area contributed by atoms with Gasteiger partial charge in [-0.1, -0.05) is 6.92 Å². The molecule has 0 spiro atoms. The summed E-state index contributed by atoms with van der Waals surface area (Å²) in [7, 11) is 0. The number of hydrogen-bond donors (Lipinski definition) is 2. The fourth-order valence-corrected chi connectivity index (χ4v) is 4.15. The van der Waals surface area contributed by atoms with Gasteiger partial charge in [-0.2, -0.15) is 0 Å². The van der Waals surface area contributed by atoms with Crippen LogP contribution in [0.25, 0.3) is 0 Å². The number of ether oxygens (including phenoxy) is 8. The quantitative estimate of drug-likeness (QED) is 0.254. The Kier molecular flexibility index (Phi) is 11.4. The second-order valence-corrected chi connectivity index (χ2v) is 8.85. The molecule has 2 aliphatic heterocycles. The zero-order valence-corrected chi connectivity index (χ0v) is 21.9. The smallest absolute Gasteiger partial charge is 0.304 e. The van der Waals surface area contributed by atoms with Gasteiger partial charge in [-0.05, 0) is 0 Å². The Hall–Kier alpha value is -2.85. The second kappa shape index (κ2) is 13.8. The van der Waals surface area contributed by atoms with Crippen LogP contribution in [0.2, 0.25) is 0 Å². The van der Waals surface area contributed by atoms with Crippen LogP contribution < -0.4 is 0 Å². The molecule has 0 amide bonds. The number of carbonyl (C=O) groups is 5. The number of hydrogen-bond acceptors (Lipinski definition) is 15. The zero-order valence-electron chi connectivity index (χ0n) is 21.9. The highest BCUT2D eigenvalue weighted by Gasteiger charge is 2.54. The molecule has 2 rings (SSSR count). The minimum Gasteiger partial charge on any atom is -0.463 e.